The minimum Gasteiger partial charge on any atom is -0.481 e. The van der Waals surface area contributed by atoms with Gasteiger partial charge in [-0.15, -0.1) is 21.5 Å². The fourth-order valence-electron chi connectivity index (χ4n) is 4.21. The maximum Gasteiger partial charge on any atom is 0.306 e. The van der Waals surface area contributed by atoms with Crippen molar-refractivity contribution in [2.24, 2.45) is 4.99 Å². The molecule has 0 unspecified atom stereocenters. The molecule has 174 valence electrons. The Bertz CT molecular complexity index is 1410. The molecule has 0 saturated carbocycles. The molecule has 0 radical (unpaired) electrons. The van der Waals surface area contributed by atoms with Crippen LogP contribution in [0.25, 0.3) is 5.00 Å². The highest BCUT2D eigenvalue weighted by Gasteiger charge is 2.32. The molecule has 0 saturated heterocycles. The number of benzene rings is 1. The van der Waals surface area contributed by atoms with E-state index < -0.39 is 12.0 Å². The molecule has 0 aliphatic carbocycles. The Morgan fingerprint density at radius 3 is 2.56 bits per heavy atom. The number of hydrogen-bond donors (Lipinski definition) is 2. The van der Waals surface area contributed by atoms with E-state index in [9.17, 15) is 9.90 Å². The van der Waals surface area contributed by atoms with Crippen LogP contribution in [0.5, 0.6) is 0 Å². The number of fused-ring (bicyclic) bond motifs is 3. The number of carboxylic acids is 1. The minimum atomic E-state index is -0.925. The van der Waals surface area contributed by atoms with E-state index in [0.29, 0.717) is 12.4 Å². The van der Waals surface area contributed by atoms with E-state index in [4.69, 9.17) is 9.41 Å². The number of aliphatic imine (C=N–C) groups is 1. The Kier molecular flexibility index (Phi) is 5.57. The Morgan fingerprint density at radius 1 is 1.12 bits per heavy atom. The van der Waals surface area contributed by atoms with Gasteiger partial charge in [0.1, 0.15) is 28.4 Å². The number of hydrogen-bond acceptors (Lipinski definition) is 7. The molecule has 1 aliphatic rings. The maximum absolute atomic E-state index is 11.7. The third kappa shape index (κ3) is 3.92. The number of carbonyl (C=O) groups is 1. The number of aliphatic carboxylic acids is 1. The minimum absolute atomic E-state index is 0.156. The Labute approximate surface area is 201 Å². The molecule has 0 amide bonds. The van der Waals surface area contributed by atoms with E-state index in [1.807, 2.05) is 54.8 Å². The zero-order valence-electron chi connectivity index (χ0n) is 19.4. The molecule has 0 bridgehead atoms. The van der Waals surface area contributed by atoms with E-state index in [1.54, 1.807) is 11.3 Å². The molecule has 0 spiro atoms. The van der Waals surface area contributed by atoms with Gasteiger partial charge in [-0.3, -0.25) is 14.4 Å². The molecule has 0 fully saturated rings. The molecule has 3 aromatic heterocycles. The van der Waals surface area contributed by atoms with Gasteiger partial charge in [-0.25, -0.2) is 0 Å². The lowest BCUT2D eigenvalue weighted by molar-refractivity contribution is -0.137. The second-order valence-corrected chi connectivity index (χ2v) is 9.64. The Balaban J connectivity index is 1.55. The van der Waals surface area contributed by atoms with E-state index in [0.717, 1.165) is 50.4 Å². The number of thiophene rings is 1. The highest BCUT2D eigenvalue weighted by molar-refractivity contribution is 7.15. The average Bonchev–Trinajstić information content (AvgIpc) is 3.45. The number of rotatable bonds is 6. The van der Waals surface area contributed by atoms with Gasteiger partial charge in [0, 0.05) is 21.7 Å². The van der Waals surface area contributed by atoms with Crippen LogP contribution in [0.4, 0.5) is 5.69 Å². The van der Waals surface area contributed by atoms with Crippen molar-refractivity contribution in [3.63, 3.8) is 0 Å². The average molecular weight is 476 g/mol. The van der Waals surface area contributed by atoms with Gasteiger partial charge >= 0.3 is 5.97 Å². The molecule has 9 heteroatoms. The lowest BCUT2D eigenvalue weighted by Crippen LogP contribution is -2.10. The van der Waals surface area contributed by atoms with Crippen LogP contribution in [0.15, 0.2) is 45.8 Å². The van der Waals surface area contributed by atoms with Gasteiger partial charge in [-0.1, -0.05) is 12.1 Å². The molecule has 8 nitrogen and oxygen atoms in total. The van der Waals surface area contributed by atoms with Crippen molar-refractivity contribution in [2.75, 3.05) is 5.32 Å². The van der Waals surface area contributed by atoms with Crippen molar-refractivity contribution in [1.29, 1.82) is 0 Å². The van der Waals surface area contributed by atoms with Crippen LogP contribution >= 0.6 is 11.3 Å². The van der Waals surface area contributed by atoms with Gasteiger partial charge in [0.2, 0.25) is 0 Å². The highest BCUT2D eigenvalue weighted by atomic mass is 32.1. The van der Waals surface area contributed by atoms with Crippen LogP contribution in [0, 0.1) is 27.7 Å². The first-order valence-electron chi connectivity index (χ1n) is 11.0. The van der Waals surface area contributed by atoms with Crippen molar-refractivity contribution < 1.29 is 14.3 Å². The quantitative estimate of drug-likeness (QED) is 0.400. The Morgan fingerprint density at radius 2 is 1.88 bits per heavy atom. The van der Waals surface area contributed by atoms with Crippen LogP contribution < -0.4 is 5.32 Å². The SMILES string of the molecule is Cc1ccc(CNc2ccc(C3=N[C@@H](CC(=O)O)c4nnc(C)n4-c4sc(C)c(C)c43)cc2)o1. The second-order valence-electron chi connectivity index (χ2n) is 8.44. The number of furan rings is 1. The van der Waals surface area contributed by atoms with Crippen LogP contribution in [0.3, 0.4) is 0 Å². The van der Waals surface area contributed by atoms with Crippen LogP contribution in [-0.4, -0.2) is 31.6 Å². The smallest absolute Gasteiger partial charge is 0.306 e. The predicted molar refractivity (Wildman–Crippen MR) is 131 cm³/mol. The summed E-state index contributed by atoms with van der Waals surface area (Å²) in [5, 5.41) is 22.5. The van der Waals surface area contributed by atoms with Gasteiger partial charge < -0.3 is 14.8 Å². The second kappa shape index (κ2) is 8.57. The highest BCUT2D eigenvalue weighted by Crippen LogP contribution is 2.39. The Hall–Kier alpha value is -3.72. The summed E-state index contributed by atoms with van der Waals surface area (Å²) >= 11 is 1.65. The topological polar surface area (TPSA) is 106 Å². The summed E-state index contributed by atoms with van der Waals surface area (Å²) in [6, 6.07) is 11.3. The lowest BCUT2D eigenvalue weighted by Gasteiger charge is -2.12. The molecule has 1 aromatic carbocycles. The summed E-state index contributed by atoms with van der Waals surface area (Å²) in [6.07, 6.45) is -0.156. The van der Waals surface area contributed by atoms with Gasteiger partial charge in [0.15, 0.2) is 5.82 Å². The lowest BCUT2D eigenvalue weighted by atomic mass is 9.99. The molecule has 2 N–H and O–H groups in total. The van der Waals surface area contributed by atoms with Gasteiger partial charge in [0.25, 0.3) is 0 Å². The number of nitrogens with zero attached hydrogens (tertiary/aromatic N) is 4. The monoisotopic (exact) mass is 475 g/mol. The number of carboxylic acid groups (broad SMARTS) is 1. The summed E-state index contributed by atoms with van der Waals surface area (Å²) < 4.78 is 7.59. The largest absolute Gasteiger partial charge is 0.481 e. The molecule has 34 heavy (non-hydrogen) atoms. The van der Waals surface area contributed by atoms with Crippen molar-refractivity contribution in [3.8, 4) is 5.00 Å². The summed E-state index contributed by atoms with van der Waals surface area (Å²) in [6.45, 7) is 8.57. The van der Waals surface area contributed by atoms with Crippen molar-refractivity contribution in [2.45, 2.75) is 46.7 Å². The zero-order chi connectivity index (χ0) is 24.0. The third-order valence-corrected chi connectivity index (χ3v) is 7.22. The fourth-order valence-corrected chi connectivity index (χ4v) is 5.42. The van der Waals surface area contributed by atoms with Gasteiger partial charge in [-0.05, 0) is 57.5 Å². The van der Waals surface area contributed by atoms with Crippen LogP contribution in [0.2, 0.25) is 0 Å². The van der Waals surface area contributed by atoms with Crippen molar-refractivity contribution >= 4 is 28.7 Å². The number of aromatic nitrogens is 3. The number of anilines is 1. The zero-order valence-corrected chi connectivity index (χ0v) is 20.2. The molecule has 4 heterocycles. The molecular formula is C25H25N5O3S. The predicted octanol–water partition coefficient (Wildman–Crippen LogP) is 5.13. The van der Waals surface area contributed by atoms with E-state index >= 15 is 0 Å². The first-order chi connectivity index (χ1) is 16.3. The van der Waals surface area contributed by atoms with Crippen LogP contribution in [0.1, 0.15) is 57.2 Å². The standard InChI is InChI=1S/C25H25N5O3S/c1-13-5-10-19(33-13)12-26-18-8-6-17(7-9-18)23-22-14(2)15(3)34-25(22)30-16(4)28-29-24(30)20(27-23)11-21(31)32/h5-10,20,26H,11-12H2,1-4H3,(H,31,32)/t20-/m0/s1. The van der Waals surface area contributed by atoms with Gasteiger partial charge in [-0.2, -0.15) is 0 Å². The molecule has 5 rings (SSSR count). The summed E-state index contributed by atoms with van der Waals surface area (Å²) in [5.41, 5.74) is 4.80. The first kappa shape index (κ1) is 22.1. The molecular weight excluding hydrogens is 450 g/mol. The first-order valence-corrected chi connectivity index (χ1v) is 11.9. The number of nitrogens with one attached hydrogen (secondary N) is 1. The normalized spacial score (nSPS) is 14.8. The fraction of sp³-hybridized carbons (Fsp3) is 0.280. The van der Waals surface area contributed by atoms with Gasteiger partial charge in [0.05, 0.1) is 18.7 Å². The maximum atomic E-state index is 11.7. The summed E-state index contributed by atoms with van der Waals surface area (Å²) in [7, 11) is 0. The van der Waals surface area contributed by atoms with E-state index in [1.165, 1.54) is 4.88 Å². The van der Waals surface area contributed by atoms with Crippen molar-refractivity contribution in [3.05, 3.63) is 81.1 Å². The molecule has 1 aliphatic heterocycles. The molecule has 1 atom stereocenters. The molecule has 4 aromatic rings. The van der Waals surface area contributed by atoms with Crippen molar-refractivity contribution in [1.82, 2.24) is 14.8 Å². The summed E-state index contributed by atoms with van der Waals surface area (Å²) in [5.74, 6) is 2.11. The van der Waals surface area contributed by atoms with E-state index in [-0.39, 0.29) is 6.42 Å². The number of aryl methyl sites for hydroxylation is 3. The third-order valence-electron chi connectivity index (χ3n) is 6.03. The summed E-state index contributed by atoms with van der Waals surface area (Å²) in [4.78, 5) is 17.8. The van der Waals surface area contributed by atoms with Crippen LogP contribution in [-0.2, 0) is 11.3 Å². The van der Waals surface area contributed by atoms with E-state index in [2.05, 4.69) is 29.4 Å².